The summed E-state index contributed by atoms with van der Waals surface area (Å²) in [6.07, 6.45) is 0.865. The Morgan fingerprint density at radius 2 is 2.15 bits per heavy atom. The lowest BCUT2D eigenvalue weighted by Gasteiger charge is -2.03. The van der Waals surface area contributed by atoms with Crippen molar-refractivity contribution < 1.29 is 9.53 Å². The number of hydrogen-bond donors (Lipinski definition) is 2. The zero-order valence-electron chi connectivity index (χ0n) is 11.5. The lowest BCUT2D eigenvalue weighted by Crippen LogP contribution is -2.14. The van der Waals surface area contributed by atoms with Crippen LogP contribution in [0.5, 0.6) is 5.75 Å². The van der Waals surface area contributed by atoms with E-state index in [9.17, 15) is 4.79 Å². The van der Waals surface area contributed by atoms with E-state index in [1.807, 2.05) is 37.3 Å². The Balaban J connectivity index is 1.82. The van der Waals surface area contributed by atoms with E-state index in [2.05, 4.69) is 15.5 Å². The number of carbonyl (C=O) groups is 1. The van der Waals surface area contributed by atoms with Gasteiger partial charge in [-0.3, -0.25) is 9.89 Å². The summed E-state index contributed by atoms with van der Waals surface area (Å²) in [6.45, 7) is 2.03. The first-order valence-electron chi connectivity index (χ1n) is 6.32. The van der Waals surface area contributed by atoms with E-state index in [1.165, 1.54) is 11.8 Å². The van der Waals surface area contributed by atoms with Crippen molar-refractivity contribution in [2.24, 2.45) is 0 Å². The molecule has 2 rings (SSSR count). The Labute approximate surface area is 122 Å². The number of rotatable bonds is 6. The number of anilines is 1. The van der Waals surface area contributed by atoms with Crippen LogP contribution >= 0.6 is 11.8 Å². The molecule has 6 heteroatoms. The van der Waals surface area contributed by atoms with Crippen molar-refractivity contribution in [3.8, 4) is 5.75 Å². The van der Waals surface area contributed by atoms with Crippen LogP contribution in [0.4, 0.5) is 5.82 Å². The molecule has 0 radical (unpaired) electrons. The molecule has 0 saturated carbocycles. The Hall–Kier alpha value is -1.95. The van der Waals surface area contributed by atoms with Gasteiger partial charge in [-0.25, -0.2) is 0 Å². The van der Waals surface area contributed by atoms with E-state index >= 15 is 0 Å². The number of ether oxygens (including phenoxy) is 1. The van der Waals surface area contributed by atoms with Crippen LogP contribution in [0.15, 0.2) is 35.2 Å². The Morgan fingerprint density at radius 3 is 2.75 bits per heavy atom. The number of nitrogens with one attached hydrogen (secondary N) is 2. The molecule has 1 aromatic carbocycles. The molecular formula is C14H17N3O2S. The molecule has 20 heavy (non-hydrogen) atoms. The molecule has 0 aliphatic rings. The molecule has 0 spiro atoms. The quantitative estimate of drug-likeness (QED) is 0.803. The third-order valence-electron chi connectivity index (χ3n) is 2.71. The smallest absolute Gasteiger partial charge is 0.235 e. The second kappa shape index (κ2) is 7.00. The topological polar surface area (TPSA) is 67.0 Å². The first kappa shape index (κ1) is 14.5. The maximum absolute atomic E-state index is 11.8. The number of thioether (sulfide) groups is 1. The van der Waals surface area contributed by atoms with Crippen molar-refractivity contribution in [1.29, 1.82) is 0 Å². The van der Waals surface area contributed by atoms with E-state index in [1.54, 1.807) is 7.11 Å². The van der Waals surface area contributed by atoms with Crippen molar-refractivity contribution in [2.45, 2.75) is 18.2 Å². The summed E-state index contributed by atoms with van der Waals surface area (Å²) in [5.41, 5.74) is 1.00. The molecule has 0 unspecified atom stereocenters. The van der Waals surface area contributed by atoms with Crippen LogP contribution in [0.3, 0.4) is 0 Å². The van der Waals surface area contributed by atoms with Gasteiger partial charge < -0.3 is 10.1 Å². The minimum Gasteiger partial charge on any atom is -0.497 e. The van der Waals surface area contributed by atoms with Crippen LogP contribution in [0.2, 0.25) is 0 Å². The monoisotopic (exact) mass is 291 g/mol. The SMILES string of the molecule is CCc1cc(NC(=O)CSc2ccc(OC)cc2)n[nH]1. The number of aryl methyl sites for hydroxylation is 1. The van der Waals surface area contributed by atoms with Gasteiger partial charge in [-0.1, -0.05) is 6.92 Å². The van der Waals surface area contributed by atoms with Gasteiger partial charge in [-0.2, -0.15) is 5.10 Å². The zero-order chi connectivity index (χ0) is 14.4. The second-order valence-corrected chi connectivity index (χ2v) is 5.19. The molecule has 106 valence electrons. The molecular weight excluding hydrogens is 274 g/mol. The summed E-state index contributed by atoms with van der Waals surface area (Å²) in [7, 11) is 1.63. The molecule has 0 bridgehead atoms. The van der Waals surface area contributed by atoms with Crippen LogP contribution in [0, 0.1) is 0 Å². The highest BCUT2D eigenvalue weighted by molar-refractivity contribution is 8.00. The molecule has 0 fully saturated rings. The van der Waals surface area contributed by atoms with Gasteiger partial charge in [0.25, 0.3) is 0 Å². The van der Waals surface area contributed by atoms with Gasteiger partial charge >= 0.3 is 0 Å². The lowest BCUT2D eigenvalue weighted by atomic mass is 10.3. The summed E-state index contributed by atoms with van der Waals surface area (Å²) < 4.78 is 5.09. The largest absolute Gasteiger partial charge is 0.497 e. The summed E-state index contributed by atoms with van der Waals surface area (Å²) in [6, 6.07) is 9.46. The summed E-state index contributed by atoms with van der Waals surface area (Å²) in [5.74, 6) is 1.66. The summed E-state index contributed by atoms with van der Waals surface area (Å²) >= 11 is 1.47. The zero-order valence-corrected chi connectivity index (χ0v) is 12.3. The van der Waals surface area contributed by atoms with E-state index in [0.29, 0.717) is 11.6 Å². The maximum Gasteiger partial charge on any atom is 0.235 e. The highest BCUT2D eigenvalue weighted by Gasteiger charge is 2.06. The molecule has 1 aromatic heterocycles. The minimum atomic E-state index is -0.0695. The number of nitrogens with zero attached hydrogens (tertiary/aromatic N) is 1. The predicted molar refractivity (Wildman–Crippen MR) is 80.3 cm³/mol. The van der Waals surface area contributed by atoms with Crippen LogP contribution in [0.1, 0.15) is 12.6 Å². The number of hydrogen-bond acceptors (Lipinski definition) is 4. The maximum atomic E-state index is 11.8. The van der Waals surface area contributed by atoms with Gasteiger partial charge in [0.1, 0.15) is 5.75 Å². The molecule has 2 aromatic rings. The van der Waals surface area contributed by atoms with Gasteiger partial charge in [0.05, 0.1) is 12.9 Å². The van der Waals surface area contributed by atoms with Crippen molar-refractivity contribution in [2.75, 3.05) is 18.2 Å². The highest BCUT2D eigenvalue weighted by atomic mass is 32.2. The van der Waals surface area contributed by atoms with Crippen LogP contribution in [-0.2, 0) is 11.2 Å². The molecule has 0 atom stereocenters. The lowest BCUT2D eigenvalue weighted by molar-refractivity contribution is -0.113. The summed E-state index contributed by atoms with van der Waals surface area (Å²) in [4.78, 5) is 12.8. The third kappa shape index (κ3) is 4.03. The number of aromatic nitrogens is 2. The van der Waals surface area contributed by atoms with Crippen molar-refractivity contribution in [3.63, 3.8) is 0 Å². The fourth-order valence-corrected chi connectivity index (χ4v) is 2.30. The minimum absolute atomic E-state index is 0.0695. The second-order valence-electron chi connectivity index (χ2n) is 4.14. The molecule has 2 N–H and O–H groups in total. The number of benzene rings is 1. The fourth-order valence-electron chi connectivity index (χ4n) is 1.61. The molecule has 1 amide bonds. The first-order chi connectivity index (χ1) is 9.71. The molecule has 0 aliphatic carbocycles. The van der Waals surface area contributed by atoms with E-state index < -0.39 is 0 Å². The highest BCUT2D eigenvalue weighted by Crippen LogP contribution is 2.21. The van der Waals surface area contributed by atoms with Crippen molar-refractivity contribution in [3.05, 3.63) is 36.0 Å². The standard InChI is InChI=1S/C14H17N3O2S/c1-3-10-8-13(17-16-10)15-14(18)9-20-12-6-4-11(19-2)5-7-12/h4-8H,3,9H2,1-2H3,(H2,15,16,17,18). The number of methoxy groups -OCH3 is 1. The van der Waals surface area contributed by atoms with Gasteiger partial charge in [0, 0.05) is 16.7 Å². The van der Waals surface area contributed by atoms with Gasteiger partial charge in [0.2, 0.25) is 5.91 Å². The Kier molecular flexibility index (Phi) is 5.06. The summed E-state index contributed by atoms with van der Waals surface area (Å²) in [5, 5.41) is 9.65. The predicted octanol–water partition coefficient (Wildman–Crippen LogP) is 2.71. The van der Waals surface area contributed by atoms with Crippen LogP contribution in [0.25, 0.3) is 0 Å². The van der Waals surface area contributed by atoms with E-state index in [4.69, 9.17) is 4.74 Å². The average molecular weight is 291 g/mol. The van der Waals surface area contributed by atoms with Gasteiger partial charge in [0.15, 0.2) is 5.82 Å². The van der Waals surface area contributed by atoms with Crippen molar-refractivity contribution >= 4 is 23.5 Å². The van der Waals surface area contributed by atoms with Crippen LogP contribution < -0.4 is 10.1 Å². The van der Waals surface area contributed by atoms with Crippen LogP contribution in [-0.4, -0.2) is 29.0 Å². The van der Waals surface area contributed by atoms with E-state index in [-0.39, 0.29) is 5.91 Å². The number of amides is 1. The van der Waals surface area contributed by atoms with Gasteiger partial charge in [-0.05, 0) is 30.7 Å². The van der Waals surface area contributed by atoms with Gasteiger partial charge in [-0.15, -0.1) is 11.8 Å². The van der Waals surface area contributed by atoms with E-state index in [0.717, 1.165) is 22.8 Å². The number of aromatic amines is 1. The number of H-pyrrole nitrogens is 1. The molecule has 0 aliphatic heterocycles. The Morgan fingerprint density at radius 1 is 1.40 bits per heavy atom. The fraction of sp³-hybridized carbons (Fsp3) is 0.286. The van der Waals surface area contributed by atoms with Crippen molar-refractivity contribution in [1.82, 2.24) is 10.2 Å². The molecule has 1 heterocycles. The molecule has 0 saturated heterocycles. The normalized spacial score (nSPS) is 10.3. The average Bonchev–Trinajstić information content (AvgIpc) is 2.93. The molecule has 5 nitrogen and oxygen atoms in total. The Bertz CT molecular complexity index is 566. The first-order valence-corrected chi connectivity index (χ1v) is 7.31. The third-order valence-corrected chi connectivity index (χ3v) is 3.72. The number of carbonyl (C=O) groups excluding carboxylic acids is 1.